The molecule has 4 heteroatoms. The van der Waals surface area contributed by atoms with Gasteiger partial charge in [-0.05, 0) is 19.9 Å². The smallest absolute Gasteiger partial charge is 0.152 e. The third-order valence-electron chi connectivity index (χ3n) is 2.23. The highest BCUT2D eigenvalue weighted by molar-refractivity contribution is 6.29. The van der Waals surface area contributed by atoms with Gasteiger partial charge >= 0.3 is 0 Å². The van der Waals surface area contributed by atoms with Crippen LogP contribution in [0.4, 0.5) is 0 Å². The van der Waals surface area contributed by atoms with Gasteiger partial charge < -0.3 is 4.74 Å². The van der Waals surface area contributed by atoms with Gasteiger partial charge in [0.2, 0.25) is 0 Å². The van der Waals surface area contributed by atoms with Crippen molar-refractivity contribution in [3.63, 3.8) is 0 Å². The van der Waals surface area contributed by atoms with E-state index in [0.29, 0.717) is 5.15 Å². The van der Waals surface area contributed by atoms with Gasteiger partial charge in [0, 0.05) is 12.0 Å². The van der Waals surface area contributed by atoms with Crippen molar-refractivity contribution < 1.29 is 4.74 Å². The number of halogens is 1. The van der Waals surface area contributed by atoms with E-state index in [-0.39, 0.29) is 12.2 Å². The van der Waals surface area contributed by atoms with Gasteiger partial charge in [-0.2, -0.15) is 5.10 Å². The van der Waals surface area contributed by atoms with Crippen LogP contribution < -0.4 is 0 Å². The van der Waals surface area contributed by atoms with Gasteiger partial charge in [0.15, 0.2) is 5.15 Å². The molecule has 0 fully saturated rings. The predicted molar refractivity (Wildman–Crippen MR) is 49.7 cm³/mol. The lowest BCUT2D eigenvalue weighted by Crippen LogP contribution is -2.23. The van der Waals surface area contributed by atoms with Crippen LogP contribution in [0.3, 0.4) is 0 Å². The molecule has 0 N–H and O–H groups in total. The van der Waals surface area contributed by atoms with Crippen LogP contribution in [0.2, 0.25) is 5.15 Å². The Morgan fingerprint density at radius 1 is 1.46 bits per heavy atom. The summed E-state index contributed by atoms with van der Waals surface area (Å²) in [6.45, 7) is 4.04. The van der Waals surface area contributed by atoms with Gasteiger partial charge in [-0.15, -0.1) is 5.10 Å². The van der Waals surface area contributed by atoms with Gasteiger partial charge in [0.25, 0.3) is 0 Å². The Balaban J connectivity index is 2.43. The van der Waals surface area contributed by atoms with E-state index in [1.54, 1.807) is 0 Å². The summed E-state index contributed by atoms with van der Waals surface area (Å²) in [5, 5.41) is 8.31. The number of nitrogens with zero attached hydrogens (tertiary/aromatic N) is 2. The Morgan fingerprint density at radius 3 is 3.00 bits per heavy atom. The fourth-order valence-electron chi connectivity index (χ4n) is 1.66. The summed E-state index contributed by atoms with van der Waals surface area (Å²) in [6, 6.07) is 1.83. The van der Waals surface area contributed by atoms with E-state index in [2.05, 4.69) is 10.2 Å². The molecule has 0 saturated heterocycles. The highest BCUT2D eigenvalue weighted by Crippen LogP contribution is 2.29. The first-order chi connectivity index (χ1) is 6.16. The molecule has 1 aliphatic rings. The van der Waals surface area contributed by atoms with Crippen molar-refractivity contribution in [1.82, 2.24) is 10.2 Å². The number of fused-ring (bicyclic) bond motifs is 1. The molecule has 0 saturated carbocycles. The van der Waals surface area contributed by atoms with E-state index < -0.39 is 0 Å². The Labute approximate surface area is 82.1 Å². The largest absolute Gasteiger partial charge is 0.370 e. The predicted octanol–water partition coefficient (Wildman–Crippen LogP) is 2.15. The molecule has 3 nitrogen and oxygen atoms in total. The van der Waals surface area contributed by atoms with Gasteiger partial charge in [-0.25, -0.2) is 0 Å². The molecule has 0 aromatic carbocycles. The quantitative estimate of drug-likeness (QED) is 0.641. The molecule has 0 bridgehead atoms. The van der Waals surface area contributed by atoms with Gasteiger partial charge in [0.1, 0.15) is 0 Å². The Hall–Kier alpha value is -0.670. The number of ether oxygens (including phenoxy) is 1. The van der Waals surface area contributed by atoms with E-state index in [1.165, 1.54) is 0 Å². The first-order valence-corrected chi connectivity index (χ1v) is 4.72. The fraction of sp³-hybridized carbons (Fsp3) is 0.556. The molecule has 2 rings (SSSR count). The van der Waals surface area contributed by atoms with Crippen LogP contribution in [0.5, 0.6) is 0 Å². The SMILES string of the molecule is CC1Cc2nnc(Cl)cc2C(C)O1. The number of hydrogen-bond acceptors (Lipinski definition) is 3. The summed E-state index contributed by atoms with van der Waals surface area (Å²) in [7, 11) is 0. The van der Waals surface area contributed by atoms with Gasteiger partial charge in [-0.3, -0.25) is 0 Å². The van der Waals surface area contributed by atoms with Gasteiger partial charge in [-0.1, -0.05) is 11.6 Å². The van der Waals surface area contributed by atoms with Crippen LogP contribution in [0.25, 0.3) is 0 Å². The second-order valence-corrected chi connectivity index (χ2v) is 3.75. The molecule has 2 atom stereocenters. The highest BCUT2D eigenvalue weighted by atomic mass is 35.5. The molecule has 1 aromatic rings. The summed E-state index contributed by atoms with van der Waals surface area (Å²) in [6.07, 6.45) is 1.12. The minimum Gasteiger partial charge on any atom is -0.370 e. The summed E-state index contributed by atoms with van der Waals surface area (Å²) < 4.78 is 5.64. The zero-order valence-electron chi connectivity index (χ0n) is 7.62. The van der Waals surface area contributed by atoms with Crippen molar-refractivity contribution in [2.24, 2.45) is 0 Å². The van der Waals surface area contributed by atoms with E-state index in [9.17, 15) is 0 Å². The monoisotopic (exact) mass is 198 g/mol. The topological polar surface area (TPSA) is 35.0 Å². The molecule has 0 aliphatic carbocycles. The lowest BCUT2D eigenvalue weighted by atomic mass is 10.0. The first kappa shape index (κ1) is 8.91. The minimum absolute atomic E-state index is 0.0757. The standard InChI is InChI=1S/C9H11ClN2O/c1-5-3-8-7(6(2)13-5)4-9(10)12-11-8/h4-6H,3H2,1-2H3. The van der Waals surface area contributed by atoms with Gasteiger partial charge in [0.05, 0.1) is 17.9 Å². The lowest BCUT2D eigenvalue weighted by molar-refractivity contribution is -0.00628. The number of hydrogen-bond donors (Lipinski definition) is 0. The van der Waals surface area contributed by atoms with Crippen LogP contribution in [0.15, 0.2) is 6.07 Å². The summed E-state index contributed by atoms with van der Waals surface area (Å²) >= 11 is 5.75. The average molecular weight is 199 g/mol. The third-order valence-corrected chi connectivity index (χ3v) is 2.41. The maximum Gasteiger partial charge on any atom is 0.152 e. The normalized spacial score (nSPS) is 27.0. The minimum atomic E-state index is 0.0757. The van der Waals surface area contributed by atoms with Crippen molar-refractivity contribution in [2.75, 3.05) is 0 Å². The molecule has 1 aliphatic heterocycles. The Bertz CT molecular complexity index is 329. The maximum absolute atomic E-state index is 5.75. The number of rotatable bonds is 0. The second-order valence-electron chi connectivity index (χ2n) is 3.36. The highest BCUT2D eigenvalue weighted by Gasteiger charge is 2.23. The fourth-order valence-corrected chi connectivity index (χ4v) is 1.81. The Morgan fingerprint density at radius 2 is 2.23 bits per heavy atom. The molecule has 2 heterocycles. The average Bonchev–Trinajstić information content (AvgIpc) is 2.06. The van der Waals surface area contributed by atoms with Crippen LogP contribution in [0.1, 0.15) is 31.2 Å². The first-order valence-electron chi connectivity index (χ1n) is 4.34. The lowest BCUT2D eigenvalue weighted by Gasteiger charge is -2.26. The van der Waals surface area contributed by atoms with Crippen molar-refractivity contribution in [3.05, 3.63) is 22.5 Å². The molecule has 0 spiro atoms. The van der Waals surface area contributed by atoms with E-state index >= 15 is 0 Å². The van der Waals surface area contributed by atoms with E-state index in [4.69, 9.17) is 16.3 Å². The summed E-state index contributed by atoms with van der Waals surface area (Å²) in [5.74, 6) is 0. The van der Waals surface area contributed by atoms with Crippen LogP contribution >= 0.6 is 11.6 Å². The molecule has 2 unspecified atom stereocenters. The van der Waals surface area contributed by atoms with Crippen molar-refractivity contribution >= 4 is 11.6 Å². The molecule has 1 aromatic heterocycles. The van der Waals surface area contributed by atoms with E-state index in [0.717, 1.165) is 17.7 Å². The maximum atomic E-state index is 5.75. The zero-order chi connectivity index (χ0) is 9.42. The molecule has 0 radical (unpaired) electrons. The van der Waals surface area contributed by atoms with Crippen LogP contribution in [-0.2, 0) is 11.2 Å². The van der Waals surface area contributed by atoms with Crippen molar-refractivity contribution in [3.8, 4) is 0 Å². The zero-order valence-corrected chi connectivity index (χ0v) is 8.38. The van der Waals surface area contributed by atoms with Crippen LogP contribution in [0, 0.1) is 0 Å². The van der Waals surface area contributed by atoms with Crippen molar-refractivity contribution in [2.45, 2.75) is 32.5 Å². The van der Waals surface area contributed by atoms with Crippen molar-refractivity contribution in [1.29, 1.82) is 0 Å². The number of aromatic nitrogens is 2. The molecule has 0 amide bonds. The molecular formula is C9H11ClN2O. The Kier molecular flexibility index (Phi) is 2.22. The molecule has 13 heavy (non-hydrogen) atoms. The second kappa shape index (κ2) is 3.24. The summed E-state index contributed by atoms with van der Waals surface area (Å²) in [4.78, 5) is 0. The molecule has 70 valence electrons. The van der Waals surface area contributed by atoms with Crippen LogP contribution in [-0.4, -0.2) is 16.3 Å². The summed E-state index contributed by atoms with van der Waals surface area (Å²) in [5.41, 5.74) is 2.08. The van der Waals surface area contributed by atoms with E-state index in [1.807, 2.05) is 19.9 Å². The third kappa shape index (κ3) is 1.67. The molecular weight excluding hydrogens is 188 g/mol.